The molecule has 12 heavy (non-hydrogen) atoms. The van der Waals surface area contributed by atoms with Crippen molar-refractivity contribution >= 4 is 23.0 Å². The maximum absolute atomic E-state index is 7.46. The molecule has 0 aromatic heterocycles. The molecule has 1 heterocycles. The van der Waals surface area contributed by atoms with Crippen LogP contribution in [0.4, 0.5) is 5.69 Å². The van der Waals surface area contributed by atoms with Gasteiger partial charge in [-0.3, -0.25) is 5.43 Å². The van der Waals surface area contributed by atoms with Gasteiger partial charge in [-0.05, 0) is 24.4 Å². The molecule has 2 rings (SSSR count). The van der Waals surface area contributed by atoms with E-state index >= 15 is 0 Å². The zero-order valence-electron chi connectivity index (χ0n) is 7.19. The van der Waals surface area contributed by atoms with Gasteiger partial charge in [-0.1, -0.05) is 18.2 Å². The minimum Gasteiger partial charge on any atom is -0.282 e. The van der Waals surface area contributed by atoms with E-state index in [9.17, 15) is 0 Å². The smallest absolute Gasteiger partial charge is 0.205 e. The molecule has 1 aliphatic heterocycles. The number of rotatable bonds is 1. The van der Waals surface area contributed by atoms with E-state index < -0.39 is 0 Å². The van der Waals surface area contributed by atoms with Crippen LogP contribution < -0.4 is 21.5 Å². The van der Waals surface area contributed by atoms with E-state index in [1.54, 1.807) is 0 Å². The Labute approximate surface area is 76.9 Å². The molecule has 1 aromatic carbocycles. The van der Waals surface area contributed by atoms with Crippen LogP contribution in [0.5, 0.6) is 0 Å². The van der Waals surface area contributed by atoms with Crippen LogP contribution in [-0.2, 0) is 0 Å². The Morgan fingerprint density at radius 2 is 2.08 bits per heavy atom. The molecule has 4 nitrogen and oxygen atoms in total. The van der Waals surface area contributed by atoms with Gasteiger partial charge in [0.2, 0.25) is 5.11 Å². The summed E-state index contributed by atoms with van der Waals surface area (Å²) in [6.07, 6.45) is 0. The molecule has 0 spiro atoms. The van der Waals surface area contributed by atoms with Gasteiger partial charge in [-0.15, -0.1) is 5.53 Å². The number of thiocarbonyl (C=S) groups is 1. The molecule has 0 unspecified atom stereocenters. The standard InChI is InChI=1S/C7H8N4S/c12-7-8-9-10-11(7)6-4-2-1-3-5-6/h1-5,9-10H,(H,8,12)/i/hD. The van der Waals surface area contributed by atoms with Crippen molar-refractivity contribution in [2.24, 2.45) is 0 Å². The molecular weight excluding hydrogens is 172 g/mol. The second-order valence-corrected chi connectivity index (χ2v) is 2.68. The van der Waals surface area contributed by atoms with Gasteiger partial charge in [-0.2, -0.15) is 5.53 Å². The SMILES string of the molecule is [2H]N1NNC(=S)N1c1ccccc1. The van der Waals surface area contributed by atoms with Gasteiger partial charge in [-0.25, -0.2) is 5.01 Å². The van der Waals surface area contributed by atoms with Gasteiger partial charge in [0.1, 0.15) is 0 Å². The molecule has 0 aliphatic carbocycles. The number of hydrogen-bond acceptors (Lipinski definition) is 3. The van der Waals surface area contributed by atoms with Crippen molar-refractivity contribution in [3.63, 3.8) is 0 Å². The third-order valence-corrected chi connectivity index (χ3v) is 1.78. The highest BCUT2D eigenvalue weighted by Crippen LogP contribution is 2.11. The first-order valence-corrected chi connectivity index (χ1v) is 3.89. The maximum Gasteiger partial charge on any atom is 0.205 e. The molecule has 0 bridgehead atoms. The van der Waals surface area contributed by atoms with E-state index in [1.807, 2.05) is 30.3 Å². The Balaban J connectivity index is 2.30. The third-order valence-electron chi connectivity index (χ3n) is 1.51. The average molecular weight is 181 g/mol. The van der Waals surface area contributed by atoms with Crippen LogP contribution in [0.2, 0.25) is 1.41 Å². The number of anilines is 1. The van der Waals surface area contributed by atoms with Crippen LogP contribution in [0.1, 0.15) is 0 Å². The summed E-state index contributed by atoms with van der Waals surface area (Å²) in [4.78, 5) is 0. The van der Waals surface area contributed by atoms with Crippen molar-refractivity contribution < 1.29 is 1.41 Å². The number of benzene rings is 1. The second kappa shape index (κ2) is 3.06. The van der Waals surface area contributed by atoms with E-state index in [0.29, 0.717) is 5.11 Å². The van der Waals surface area contributed by atoms with Crippen molar-refractivity contribution in [3.05, 3.63) is 30.3 Å². The van der Waals surface area contributed by atoms with E-state index in [2.05, 4.69) is 11.0 Å². The van der Waals surface area contributed by atoms with E-state index in [4.69, 9.17) is 13.6 Å². The highest BCUT2D eigenvalue weighted by atomic mass is 32.1. The van der Waals surface area contributed by atoms with Crippen molar-refractivity contribution in [3.8, 4) is 0 Å². The Morgan fingerprint density at radius 3 is 2.67 bits per heavy atom. The summed E-state index contributed by atoms with van der Waals surface area (Å²) in [7, 11) is 0. The fraction of sp³-hybridized carbons (Fsp3) is 0. The summed E-state index contributed by atoms with van der Waals surface area (Å²) in [6.45, 7) is 0. The normalized spacial score (nSPS) is 19.2. The fourth-order valence-corrected chi connectivity index (χ4v) is 1.16. The molecule has 0 amide bonds. The van der Waals surface area contributed by atoms with Crippen LogP contribution in [-0.4, -0.2) is 5.11 Å². The highest BCUT2D eigenvalue weighted by Gasteiger charge is 2.15. The summed E-state index contributed by atoms with van der Waals surface area (Å²) in [5.74, 6) is 0. The van der Waals surface area contributed by atoms with Gasteiger partial charge in [0.05, 0.1) is 5.69 Å². The van der Waals surface area contributed by atoms with Crippen LogP contribution in [0.25, 0.3) is 0 Å². The van der Waals surface area contributed by atoms with Gasteiger partial charge in [0.15, 0.2) is 1.41 Å². The lowest BCUT2D eigenvalue weighted by atomic mass is 10.3. The van der Waals surface area contributed by atoms with Crippen molar-refractivity contribution in [2.45, 2.75) is 0 Å². The molecule has 5 heteroatoms. The summed E-state index contributed by atoms with van der Waals surface area (Å²) in [5, 5.41) is 2.00. The third kappa shape index (κ3) is 1.25. The predicted octanol–water partition coefficient (Wildman–Crippen LogP) is 0.305. The average Bonchev–Trinajstić information content (AvgIpc) is 2.48. The highest BCUT2D eigenvalue weighted by molar-refractivity contribution is 7.80. The molecule has 3 N–H and O–H groups in total. The second-order valence-electron chi connectivity index (χ2n) is 2.29. The fourth-order valence-electron chi connectivity index (χ4n) is 0.965. The van der Waals surface area contributed by atoms with Gasteiger partial charge in [0.25, 0.3) is 0 Å². The Kier molecular flexibility index (Phi) is 1.62. The summed E-state index contributed by atoms with van der Waals surface area (Å²) < 4.78 is 7.46. The predicted molar refractivity (Wildman–Crippen MR) is 50.9 cm³/mol. The van der Waals surface area contributed by atoms with Crippen LogP contribution in [0.3, 0.4) is 0 Å². The molecule has 62 valence electrons. The first-order valence-electron chi connectivity index (χ1n) is 3.93. The monoisotopic (exact) mass is 181 g/mol. The zero-order chi connectivity index (χ0) is 9.26. The first kappa shape index (κ1) is 6.36. The molecule has 0 saturated carbocycles. The lowest BCUT2D eigenvalue weighted by Crippen LogP contribution is -2.37. The number of hydrazine groups is 3. The van der Waals surface area contributed by atoms with E-state index in [-0.39, 0.29) is 0 Å². The summed E-state index contributed by atoms with van der Waals surface area (Å²) in [6, 6.07) is 9.46. The molecule has 1 aliphatic rings. The van der Waals surface area contributed by atoms with Crippen LogP contribution >= 0.6 is 12.2 Å². The number of nitrogens with one attached hydrogen (secondary N) is 3. The summed E-state index contributed by atoms with van der Waals surface area (Å²) in [5.41, 5.74) is 7.10. The van der Waals surface area contributed by atoms with Crippen LogP contribution in [0.15, 0.2) is 30.3 Å². The molecule has 1 aromatic rings. The Hall–Kier alpha value is -1.17. The van der Waals surface area contributed by atoms with Gasteiger partial charge < -0.3 is 0 Å². The Bertz CT molecular complexity index is 318. The number of hydrogen-bond donors (Lipinski definition) is 3. The minimum atomic E-state index is 0.459. The summed E-state index contributed by atoms with van der Waals surface area (Å²) >= 11 is 4.99. The first-order chi connectivity index (χ1) is 6.29. The van der Waals surface area contributed by atoms with E-state index in [0.717, 1.165) is 11.2 Å². The molecule has 0 radical (unpaired) electrons. The number of para-hydroxylation sites is 1. The topological polar surface area (TPSA) is 39.3 Å². The molecule has 0 atom stereocenters. The van der Waals surface area contributed by atoms with Crippen molar-refractivity contribution in [1.29, 1.82) is 0 Å². The van der Waals surface area contributed by atoms with Crippen LogP contribution in [0, 0.1) is 0 Å². The Morgan fingerprint density at radius 1 is 1.33 bits per heavy atom. The molecule has 1 saturated heterocycles. The lowest BCUT2D eigenvalue weighted by Gasteiger charge is -2.13. The van der Waals surface area contributed by atoms with Crippen molar-refractivity contribution in [2.75, 3.05) is 5.01 Å². The maximum atomic E-state index is 7.46. The minimum absolute atomic E-state index is 0.459. The van der Waals surface area contributed by atoms with E-state index in [1.165, 1.54) is 5.01 Å². The zero-order valence-corrected chi connectivity index (χ0v) is 7.01. The lowest BCUT2D eigenvalue weighted by molar-refractivity contribution is 0.589. The number of nitrogens with zero attached hydrogens (tertiary/aromatic N) is 1. The molecular formula is C7H8N4S. The van der Waals surface area contributed by atoms with Gasteiger partial charge in [0, 0.05) is 0 Å². The van der Waals surface area contributed by atoms with Gasteiger partial charge >= 0.3 is 0 Å². The quantitative estimate of drug-likeness (QED) is 0.544. The largest absolute Gasteiger partial charge is 0.282 e. The molecule has 1 fully saturated rings. The van der Waals surface area contributed by atoms with Crippen molar-refractivity contribution in [1.82, 2.24) is 16.5 Å².